The number of rotatable bonds is 4. The first-order valence-corrected chi connectivity index (χ1v) is 5.83. The van der Waals surface area contributed by atoms with Crippen LogP contribution in [0.15, 0.2) is 6.07 Å². The molecule has 112 valence electrons. The van der Waals surface area contributed by atoms with Crippen LogP contribution in [0.3, 0.4) is 0 Å². The van der Waals surface area contributed by atoms with Crippen LogP contribution < -0.4 is 11.1 Å². The van der Waals surface area contributed by atoms with Crippen molar-refractivity contribution in [1.82, 2.24) is 5.32 Å². The molecule has 0 aliphatic heterocycles. The van der Waals surface area contributed by atoms with Crippen LogP contribution in [0.4, 0.5) is 13.2 Å². The highest BCUT2D eigenvalue weighted by Gasteiger charge is 2.32. The number of halogens is 4. The summed E-state index contributed by atoms with van der Waals surface area (Å²) in [6.45, 7) is 0.174. The third-order valence-electron chi connectivity index (χ3n) is 3.14. The molecule has 1 aliphatic rings. The van der Waals surface area contributed by atoms with Gasteiger partial charge in [-0.15, -0.1) is 12.4 Å². The molecule has 1 fully saturated rings. The highest BCUT2D eigenvalue weighted by Crippen LogP contribution is 2.32. The SMILES string of the molecule is Cl.NCC(NC(=O)c1cc(F)c(F)c(O)c1F)C1CC1. The first-order valence-electron chi connectivity index (χ1n) is 5.83. The number of hydrogen-bond acceptors (Lipinski definition) is 3. The minimum atomic E-state index is -1.72. The van der Waals surface area contributed by atoms with E-state index in [-0.39, 0.29) is 30.9 Å². The molecule has 1 aromatic carbocycles. The number of amides is 1. The quantitative estimate of drug-likeness (QED) is 0.741. The molecule has 0 spiro atoms. The molecule has 1 aromatic rings. The van der Waals surface area contributed by atoms with E-state index in [4.69, 9.17) is 10.8 Å². The van der Waals surface area contributed by atoms with Gasteiger partial charge in [-0.2, -0.15) is 4.39 Å². The van der Waals surface area contributed by atoms with Gasteiger partial charge in [0.15, 0.2) is 17.4 Å². The van der Waals surface area contributed by atoms with Gasteiger partial charge in [0, 0.05) is 12.6 Å². The molecule has 0 aromatic heterocycles. The maximum atomic E-state index is 13.5. The number of carbonyl (C=O) groups excluding carboxylic acids is 1. The Hall–Kier alpha value is -1.47. The number of benzene rings is 1. The van der Waals surface area contributed by atoms with Crippen molar-refractivity contribution < 1.29 is 23.1 Å². The van der Waals surface area contributed by atoms with Crippen LogP contribution in [0.25, 0.3) is 0 Å². The zero-order chi connectivity index (χ0) is 14.2. The number of hydrogen-bond donors (Lipinski definition) is 3. The Balaban J connectivity index is 0.00000200. The van der Waals surface area contributed by atoms with Crippen LogP contribution in [0.5, 0.6) is 5.75 Å². The van der Waals surface area contributed by atoms with E-state index in [9.17, 15) is 18.0 Å². The first kappa shape index (κ1) is 16.6. The number of aromatic hydroxyl groups is 1. The number of nitrogens with one attached hydrogen (secondary N) is 1. The highest BCUT2D eigenvalue weighted by molar-refractivity contribution is 5.95. The molecule has 0 radical (unpaired) electrons. The van der Waals surface area contributed by atoms with Crippen LogP contribution in [0, 0.1) is 23.4 Å². The molecular weight excluding hydrogens is 297 g/mol. The topological polar surface area (TPSA) is 75.3 Å². The van der Waals surface area contributed by atoms with Gasteiger partial charge in [-0.1, -0.05) is 0 Å². The van der Waals surface area contributed by atoms with Crippen molar-refractivity contribution in [2.24, 2.45) is 11.7 Å². The van der Waals surface area contributed by atoms with Crippen molar-refractivity contribution in [2.75, 3.05) is 6.54 Å². The maximum absolute atomic E-state index is 13.5. The molecule has 4 nitrogen and oxygen atoms in total. The number of nitrogens with two attached hydrogens (primary N) is 1. The lowest BCUT2D eigenvalue weighted by Crippen LogP contribution is -2.42. The number of phenols is 1. The van der Waals surface area contributed by atoms with Gasteiger partial charge in [0.2, 0.25) is 5.82 Å². The summed E-state index contributed by atoms with van der Waals surface area (Å²) in [5.41, 5.74) is 4.73. The third-order valence-corrected chi connectivity index (χ3v) is 3.14. The zero-order valence-electron chi connectivity index (χ0n) is 10.3. The summed E-state index contributed by atoms with van der Waals surface area (Å²) in [7, 11) is 0. The van der Waals surface area contributed by atoms with Crippen LogP contribution in [-0.2, 0) is 0 Å². The van der Waals surface area contributed by atoms with E-state index in [0.717, 1.165) is 12.8 Å². The van der Waals surface area contributed by atoms with Crippen molar-refractivity contribution in [3.05, 3.63) is 29.1 Å². The molecule has 1 aliphatic carbocycles. The van der Waals surface area contributed by atoms with E-state index >= 15 is 0 Å². The average molecular weight is 311 g/mol. The van der Waals surface area contributed by atoms with E-state index in [0.29, 0.717) is 6.07 Å². The van der Waals surface area contributed by atoms with Gasteiger partial charge in [0.1, 0.15) is 0 Å². The number of phenolic OH excluding ortho intramolecular Hbond substituents is 1. The Kier molecular flexibility index (Phi) is 5.24. The van der Waals surface area contributed by atoms with Gasteiger partial charge in [0.25, 0.3) is 5.91 Å². The Bertz CT molecular complexity index is 524. The molecule has 1 saturated carbocycles. The smallest absolute Gasteiger partial charge is 0.254 e. The molecular formula is C12H14ClF3N2O2. The van der Waals surface area contributed by atoms with Crippen LogP contribution in [-0.4, -0.2) is 23.6 Å². The summed E-state index contributed by atoms with van der Waals surface area (Å²) in [4.78, 5) is 11.8. The Morgan fingerprint density at radius 3 is 2.50 bits per heavy atom. The van der Waals surface area contributed by atoms with Crippen molar-refractivity contribution in [1.29, 1.82) is 0 Å². The van der Waals surface area contributed by atoms with E-state index in [1.807, 2.05) is 0 Å². The van der Waals surface area contributed by atoms with Gasteiger partial charge in [-0.3, -0.25) is 4.79 Å². The first-order chi connectivity index (χ1) is 8.95. The Morgan fingerprint density at radius 1 is 1.40 bits per heavy atom. The van der Waals surface area contributed by atoms with Gasteiger partial charge in [-0.25, -0.2) is 8.78 Å². The van der Waals surface area contributed by atoms with Gasteiger partial charge in [0.05, 0.1) is 5.56 Å². The van der Waals surface area contributed by atoms with Gasteiger partial charge < -0.3 is 16.2 Å². The fraction of sp³-hybridized carbons (Fsp3) is 0.417. The van der Waals surface area contributed by atoms with Crippen LogP contribution in [0.2, 0.25) is 0 Å². The summed E-state index contributed by atoms with van der Waals surface area (Å²) in [5.74, 6) is -6.87. The lowest BCUT2D eigenvalue weighted by atomic mass is 10.1. The molecule has 20 heavy (non-hydrogen) atoms. The van der Waals surface area contributed by atoms with E-state index < -0.39 is 34.7 Å². The second-order valence-corrected chi connectivity index (χ2v) is 4.54. The second-order valence-electron chi connectivity index (χ2n) is 4.54. The monoisotopic (exact) mass is 310 g/mol. The van der Waals surface area contributed by atoms with Crippen molar-refractivity contribution >= 4 is 18.3 Å². The molecule has 1 amide bonds. The van der Waals surface area contributed by atoms with Crippen molar-refractivity contribution in [3.63, 3.8) is 0 Å². The predicted octanol–water partition coefficient (Wildman–Crippen LogP) is 1.70. The maximum Gasteiger partial charge on any atom is 0.254 e. The van der Waals surface area contributed by atoms with Gasteiger partial charge >= 0.3 is 0 Å². The lowest BCUT2D eigenvalue weighted by Gasteiger charge is -2.16. The molecule has 1 atom stereocenters. The molecule has 1 unspecified atom stereocenters. The van der Waals surface area contributed by atoms with Crippen molar-refractivity contribution in [2.45, 2.75) is 18.9 Å². The largest absolute Gasteiger partial charge is 0.503 e. The summed E-state index contributed by atoms with van der Waals surface area (Å²) >= 11 is 0. The molecule has 0 saturated heterocycles. The summed E-state index contributed by atoms with van der Waals surface area (Å²) in [6, 6.07) is 0.0855. The van der Waals surface area contributed by atoms with Gasteiger partial charge in [-0.05, 0) is 24.8 Å². The van der Waals surface area contributed by atoms with Crippen LogP contribution in [0.1, 0.15) is 23.2 Å². The second kappa shape index (κ2) is 6.32. The predicted molar refractivity (Wildman–Crippen MR) is 68.3 cm³/mol. The molecule has 8 heteroatoms. The summed E-state index contributed by atoms with van der Waals surface area (Å²) < 4.78 is 39.5. The fourth-order valence-electron chi connectivity index (χ4n) is 1.87. The molecule has 2 rings (SSSR count). The van der Waals surface area contributed by atoms with E-state index in [1.54, 1.807) is 0 Å². The van der Waals surface area contributed by atoms with E-state index in [2.05, 4.69) is 5.32 Å². The Morgan fingerprint density at radius 2 is 2.00 bits per heavy atom. The Labute approximate surface area is 119 Å². The lowest BCUT2D eigenvalue weighted by molar-refractivity contribution is 0.0927. The zero-order valence-corrected chi connectivity index (χ0v) is 11.1. The highest BCUT2D eigenvalue weighted by atomic mass is 35.5. The average Bonchev–Trinajstić information content (AvgIpc) is 3.21. The molecule has 0 heterocycles. The van der Waals surface area contributed by atoms with Crippen molar-refractivity contribution in [3.8, 4) is 5.75 Å². The molecule has 4 N–H and O–H groups in total. The summed E-state index contributed by atoms with van der Waals surface area (Å²) in [6.07, 6.45) is 1.82. The third kappa shape index (κ3) is 3.16. The van der Waals surface area contributed by atoms with Crippen LogP contribution >= 0.6 is 12.4 Å². The van der Waals surface area contributed by atoms with E-state index in [1.165, 1.54) is 0 Å². The number of carbonyl (C=O) groups is 1. The normalized spacial score (nSPS) is 15.4. The fourth-order valence-corrected chi connectivity index (χ4v) is 1.87. The minimum Gasteiger partial charge on any atom is -0.503 e. The standard InChI is InChI=1S/C12H13F3N2O2.ClH/c13-7-3-6(9(14)11(18)10(7)15)12(19)17-8(4-16)5-1-2-5;/h3,5,8,18H,1-2,4,16H2,(H,17,19);1H. The minimum absolute atomic E-state index is 0. The summed E-state index contributed by atoms with van der Waals surface area (Å²) in [5, 5.41) is 11.5. The molecule has 0 bridgehead atoms.